The van der Waals surface area contributed by atoms with Crippen LogP contribution in [-0.2, 0) is 0 Å². The molecule has 0 saturated carbocycles. The van der Waals surface area contributed by atoms with Crippen LogP contribution in [0, 0.1) is 0 Å². The van der Waals surface area contributed by atoms with Gasteiger partial charge in [-0.1, -0.05) is 28.1 Å². The van der Waals surface area contributed by atoms with Crippen LogP contribution in [0.2, 0.25) is 0 Å². The van der Waals surface area contributed by atoms with Crippen molar-refractivity contribution in [3.63, 3.8) is 0 Å². The number of allylic oxidation sites excluding steroid dienone is 1. The molecule has 1 aromatic rings. The lowest BCUT2D eigenvalue weighted by molar-refractivity contribution is 0.0672. The lowest BCUT2D eigenvalue weighted by Gasteiger charge is -2.09. The minimum atomic E-state index is -0.223. The first-order valence-electron chi connectivity index (χ1n) is 4.92. The molecule has 4 heteroatoms. The summed E-state index contributed by atoms with van der Waals surface area (Å²) in [5.74, 6) is -0.440. The summed E-state index contributed by atoms with van der Waals surface area (Å²) in [7, 11) is 0. The van der Waals surface area contributed by atoms with Crippen LogP contribution in [0.1, 0.15) is 27.6 Å². The molecule has 0 saturated heterocycles. The quantitative estimate of drug-likeness (QED) is 0.617. The van der Waals surface area contributed by atoms with E-state index in [1.165, 1.54) is 4.90 Å². The van der Waals surface area contributed by atoms with Crippen LogP contribution in [0.25, 0.3) is 0 Å². The largest absolute Gasteiger partial charge is 0.270 e. The van der Waals surface area contributed by atoms with Crippen molar-refractivity contribution in [2.75, 3.05) is 6.54 Å². The van der Waals surface area contributed by atoms with Crippen LogP contribution in [0.4, 0.5) is 0 Å². The van der Waals surface area contributed by atoms with Gasteiger partial charge in [-0.05, 0) is 25.1 Å². The number of rotatable bonds is 2. The molecule has 2 rings (SSSR count). The van der Waals surface area contributed by atoms with E-state index in [1.807, 2.05) is 13.0 Å². The van der Waals surface area contributed by atoms with E-state index < -0.39 is 0 Å². The number of amides is 2. The SMILES string of the molecule is C/C=C/CN1C(=O)c2ccc(Br)cc2C1=O. The molecule has 0 N–H and O–H groups in total. The molecule has 1 aromatic carbocycles. The summed E-state index contributed by atoms with van der Waals surface area (Å²) < 4.78 is 0.806. The van der Waals surface area contributed by atoms with Crippen LogP contribution in [-0.4, -0.2) is 23.3 Å². The highest BCUT2D eigenvalue weighted by atomic mass is 79.9. The number of carbonyl (C=O) groups is 2. The highest BCUT2D eigenvalue weighted by Crippen LogP contribution is 2.25. The average Bonchev–Trinajstić information content (AvgIpc) is 2.50. The molecule has 0 aromatic heterocycles. The van der Waals surface area contributed by atoms with Crippen LogP contribution < -0.4 is 0 Å². The number of hydrogen-bond acceptors (Lipinski definition) is 2. The lowest BCUT2D eigenvalue weighted by atomic mass is 10.1. The summed E-state index contributed by atoms with van der Waals surface area (Å²) in [6.45, 7) is 2.19. The number of hydrogen-bond donors (Lipinski definition) is 0. The van der Waals surface area contributed by atoms with E-state index >= 15 is 0 Å². The van der Waals surface area contributed by atoms with Gasteiger partial charge in [0.1, 0.15) is 0 Å². The monoisotopic (exact) mass is 279 g/mol. The topological polar surface area (TPSA) is 37.4 Å². The van der Waals surface area contributed by atoms with E-state index in [9.17, 15) is 9.59 Å². The van der Waals surface area contributed by atoms with Crippen molar-refractivity contribution >= 4 is 27.7 Å². The van der Waals surface area contributed by atoms with E-state index in [0.29, 0.717) is 17.7 Å². The zero-order valence-electron chi connectivity index (χ0n) is 8.74. The summed E-state index contributed by atoms with van der Waals surface area (Å²) in [6.07, 6.45) is 3.61. The van der Waals surface area contributed by atoms with E-state index in [-0.39, 0.29) is 11.8 Å². The van der Waals surface area contributed by atoms with E-state index in [1.54, 1.807) is 24.3 Å². The van der Waals surface area contributed by atoms with Crippen molar-refractivity contribution in [2.24, 2.45) is 0 Å². The normalized spacial score (nSPS) is 15.0. The van der Waals surface area contributed by atoms with Crippen LogP contribution in [0.15, 0.2) is 34.8 Å². The Hall–Kier alpha value is -1.42. The first-order valence-corrected chi connectivity index (χ1v) is 5.71. The first kappa shape index (κ1) is 11.1. The maximum atomic E-state index is 11.9. The van der Waals surface area contributed by atoms with Crippen molar-refractivity contribution in [1.29, 1.82) is 0 Å². The second-order valence-electron chi connectivity index (χ2n) is 3.48. The van der Waals surface area contributed by atoms with Gasteiger partial charge in [-0.15, -0.1) is 0 Å². The third-order valence-electron chi connectivity index (χ3n) is 2.46. The second-order valence-corrected chi connectivity index (χ2v) is 4.40. The Labute approximate surface area is 102 Å². The van der Waals surface area contributed by atoms with E-state index in [4.69, 9.17) is 0 Å². The predicted molar refractivity (Wildman–Crippen MR) is 64.3 cm³/mol. The molecule has 0 bridgehead atoms. The molecule has 0 aliphatic carbocycles. The number of fused-ring (bicyclic) bond motifs is 1. The fraction of sp³-hybridized carbons (Fsp3) is 0.167. The smallest absolute Gasteiger partial charge is 0.261 e. The fourth-order valence-electron chi connectivity index (χ4n) is 1.64. The zero-order valence-corrected chi connectivity index (χ0v) is 10.3. The highest BCUT2D eigenvalue weighted by molar-refractivity contribution is 9.10. The van der Waals surface area contributed by atoms with Gasteiger partial charge in [0, 0.05) is 11.0 Å². The summed E-state index contributed by atoms with van der Waals surface area (Å²) in [5.41, 5.74) is 0.960. The zero-order chi connectivity index (χ0) is 11.7. The first-order chi connectivity index (χ1) is 7.65. The van der Waals surface area contributed by atoms with Crippen LogP contribution in [0.3, 0.4) is 0 Å². The van der Waals surface area contributed by atoms with Crippen molar-refractivity contribution in [3.8, 4) is 0 Å². The third kappa shape index (κ3) is 1.69. The highest BCUT2D eigenvalue weighted by Gasteiger charge is 2.34. The summed E-state index contributed by atoms with van der Waals surface area (Å²) in [5, 5.41) is 0. The van der Waals surface area contributed by atoms with Gasteiger partial charge in [0.25, 0.3) is 11.8 Å². The van der Waals surface area contributed by atoms with Gasteiger partial charge in [0.2, 0.25) is 0 Å². The van der Waals surface area contributed by atoms with Gasteiger partial charge < -0.3 is 0 Å². The standard InChI is InChI=1S/C12H10BrNO2/c1-2-3-6-14-11(15)9-5-4-8(13)7-10(9)12(14)16/h2-5,7H,6H2,1H3/b3-2+. The molecule has 0 spiro atoms. The summed E-state index contributed by atoms with van der Waals surface area (Å²) >= 11 is 3.29. The van der Waals surface area contributed by atoms with Gasteiger partial charge in [0.15, 0.2) is 0 Å². The molecule has 0 fully saturated rings. The molecule has 0 atom stereocenters. The number of carbonyl (C=O) groups excluding carboxylic acids is 2. The van der Waals surface area contributed by atoms with Crippen molar-refractivity contribution in [3.05, 3.63) is 46.0 Å². The maximum Gasteiger partial charge on any atom is 0.261 e. The molecule has 0 unspecified atom stereocenters. The second kappa shape index (κ2) is 4.22. The summed E-state index contributed by atoms with van der Waals surface area (Å²) in [4.78, 5) is 25.0. The molecular formula is C12H10BrNO2. The molecule has 2 amide bonds. The van der Waals surface area contributed by atoms with E-state index in [2.05, 4.69) is 15.9 Å². The minimum Gasteiger partial charge on any atom is -0.270 e. The Kier molecular flexibility index (Phi) is 2.92. The molecule has 0 radical (unpaired) electrons. The van der Waals surface area contributed by atoms with Crippen molar-refractivity contribution in [2.45, 2.75) is 6.92 Å². The molecule has 1 aliphatic heterocycles. The van der Waals surface area contributed by atoms with Gasteiger partial charge in [-0.25, -0.2) is 0 Å². The number of nitrogens with zero attached hydrogens (tertiary/aromatic N) is 1. The van der Waals surface area contributed by atoms with Gasteiger partial charge >= 0.3 is 0 Å². The molecule has 3 nitrogen and oxygen atoms in total. The maximum absolute atomic E-state index is 11.9. The number of imide groups is 1. The van der Waals surface area contributed by atoms with Gasteiger partial charge in [-0.2, -0.15) is 0 Å². The van der Waals surface area contributed by atoms with Gasteiger partial charge in [-0.3, -0.25) is 14.5 Å². The Bertz CT molecular complexity index is 494. The van der Waals surface area contributed by atoms with Crippen LogP contribution >= 0.6 is 15.9 Å². The van der Waals surface area contributed by atoms with Crippen LogP contribution in [0.5, 0.6) is 0 Å². The number of benzene rings is 1. The van der Waals surface area contributed by atoms with Crippen molar-refractivity contribution in [1.82, 2.24) is 4.90 Å². The minimum absolute atomic E-state index is 0.217. The average molecular weight is 280 g/mol. The Morgan fingerprint density at radius 3 is 2.62 bits per heavy atom. The van der Waals surface area contributed by atoms with Gasteiger partial charge in [0.05, 0.1) is 11.1 Å². The van der Waals surface area contributed by atoms with Crippen molar-refractivity contribution < 1.29 is 9.59 Å². The third-order valence-corrected chi connectivity index (χ3v) is 2.95. The molecular weight excluding hydrogens is 270 g/mol. The van der Waals surface area contributed by atoms with E-state index in [0.717, 1.165) is 4.47 Å². The Morgan fingerprint density at radius 1 is 1.25 bits per heavy atom. The molecule has 1 aliphatic rings. The predicted octanol–water partition coefficient (Wildman–Crippen LogP) is 2.62. The Morgan fingerprint density at radius 2 is 1.94 bits per heavy atom. The number of halogens is 1. The molecule has 16 heavy (non-hydrogen) atoms. The fourth-order valence-corrected chi connectivity index (χ4v) is 2.00. The molecule has 82 valence electrons. The Balaban J connectivity index is 2.40. The molecule has 1 heterocycles. The summed E-state index contributed by atoms with van der Waals surface area (Å²) in [6, 6.07) is 5.13. The lowest BCUT2D eigenvalue weighted by Crippen LogP contribution is -2.29.